The van der Waals surface area contributed by atoms with Crippen molar-refractivity contribution >= 4 is 17.1 Å². The first-order valence-corrected chi connectivity index (χ1v) is 9.17. The Bertz CT molecular complexity index is 1250. The Hall–Kier alpha value is -3.54. The maximum atomic E-state index is 15.4. The highest BCUT2D eigenvalue weighted by molar-refractivity contribution is 6.01. The molecule has 144 valence electrons. The van der Waals surface area contributed by atoms with E-state index >= 15 is 4.39 Å². The first-order valence-electron chi connectivity index (χ1n) is 9.17. The highest BCUT2D eigenvalue weighted by Crippen LogP contribution is 2.46. The van der Waals surface area contributed by atoms with E-state index in [0.29, 0.717) is 40.1 Å². The number of ether oxygens (including phenoxy) is 1. The number of allylic oxidation sites excluding steroid dienone is 1. The van der Waals surface area contributed by atoms with E-state index in [2.05, 4.69) is 4.98 Å². The van der Waals surface area contributed by atoms with E-state index in [1.807, 2.05) is 6.07 Å². The smallest absolute Gasteiger partial charge is 0.250 e. The van der Waals surface area contributed by atoms with Crippen molar-refractivity contribution in [3.8, 4) is 16.9 Å². The third kappa shape index (κ3) is 2.63. The molecular formula is C23H16F2N2O2. The summed E-state index contributed by atoms with van der Waals surface area (Å²) in [5, 5.41) is 0. The van der Waals surface area contributed by atoms with Crippen molar-refractivity contribution in [2.45, 2.75) is 13.3 Å². The van der Waals surface area contributed by atoms with Crippen molar-refractivity contribution in [1.82, 2.24) is 4.98 Å². The van der Waals surface area contributed by atoms with Crippen LogP contribution in [0.1, 0.15) is 32.7 Å². The molecule has 1 aromatic heterocycles. The molecule has 0 saturated heterocycles. The summed E-state index contributed by atoms with van der Waals surface area (Å²) in [5.74, 6) is -0.743. The second-order valence-electron chi connectivity index (χ2n) is 7.27. The molecule has 29 heavy (non-hydrogen) atoms. The van der Waals surface area contributed by atoms with Gasteiger partial charge in [-0.25, -0.2) is 8.78 Å². The van der Waals surface area contributed by atoms with Crippen LogP contribution in [0.15, 0.2) is 42.6 Å². The summed E-state index contributed by atoms with van der Waals surface area (Å²) in [5.41, 5.74) is 10.9. The van der Waals surface area contributed by atoms with Crippen molar-refractivity contribution < 1.29 is 18.3 Å². The van der Waals surface area contributed by atoms with Crippen LogP contribution in [0.4, 0.5) is 8.78 Å². The number of carbonyl (C=O) groups is 1. The number of rotatable bonds is 2. The molecule has 4 nitrogen and oxygen atoms in total. The number of hydrogen-bond donors (Lipinski definition) is 1. The van der Waals surface area contributed by atoms with Crippen LogP contribution in [-0.4, -0.2) is 17.5 Å². The summed E-state index contributed by atoms with van der Waals surface area (Å²) in [6, 6.07) is 9.75. The quantitative estimate of drug-likeness (QED) is 0.710. The number of nitrogens with zero attached hydrogens (tertiary/aromatic N) is 1. The summed E-state index contributed by atoms with van der Waals surface area (Å²) in [4.78, 5) is 15.7. The van der Waals surface area contributed by atoms with Gasteiger partial charge in [-0.15, -0.1) is 0 Å². The third-order valence-corrected chi connectivity index (χ3v) is 5.55. The monoisotopic (exact) mass is 390 g/mol. The topological polar surface area (TPSA) is 65.2 Å². The Kier molecular flexibility index (Phi) is 3.77. The molecule has 0 fully saturated rings. The predicted octanol–water partition coefficient (Wildman–Crippen LogP) is 4.29. The Labute approximate surface area is 165 Å². The van der Waals surface area contributed by atoms with Gasteiger partial charge < -0.3 is 10.5 Å². The zero-order chi connectivity index (χ0) is 20.3. The van der Waals surface area contributed by atoms with Crippen LogP contribution < -0.4 is 10.5 Å². The zero-order valence-corrected chi connectivity index (χ0v) is 15.6. The van der Waals surface area contributed by atoms with Crippen molar-refractivity contribution in [3.63, 3.8) is 0 Å². The number of amides is 1. The van der Waals surface area contributed by atoms with Gasteiger partial charge in [0, 0.05) is 29.3 Å². The van der Waals surface area contributed by atoms with Gasteiger partial charge in [0.1, 0.15) is 29.7 Å². The summed E-state index contributed by atoms with van der Waals surface area (Å²) in [6.07, 6.45) is 1.79. The van der Waals surface area contributed by atoms with E-state index < -0.39 is 5.91 Å². The van der Waals surface area contributed by atoms with Gasteiger partial charge in [0.25, 0.3) is 0 Å². The van der Waals surface area contributed by atoms with Gasteiger partial charge in [0.15, 0.2) is 0 Å². The number of aryl methyl sites for hydroxylation is 1. The minimum absolute atomic E-state index is 0.267. The lowest BCUT2D eigenvalue weighted by molar-refractivity contribution is 0.0999. The SMILES string of the molecule is Cc1cc(-c2ccc3c(c2F)CC2=C3COc3cc(C(N)=O)cnc32)ccc1F. The third-order valence-electron chi connectivity index (χ3n) is 5.55. The minimum atomic E-state index is -0.580. The molecule has 5 rings (SSSR count). The molecule has 6 heteroatoms. The summed E-state index contributed by atoms with van der Waals surface area (Å²) < 4.78 is 34.8. The fourth-order valence-electron chi connectivity index (χ4n) is 4.02. The van der Waals surface area contributed by atoms with Crippen molar-refractivity contribution in [2.75, 3.05) is 6.61 Å². The Morgan fingerprint density at radius 1 is 1.10 bits per heavy atom. The summed E-state index contributed by atoms with van der Waals surface area (Å²) in [7, 11) is 0. The molecule has 0 atom stereocenters. The Morgan fingerprint density at radius 2 is 1.90 bits per heavy atom. The van der Waals surface area contributed by atoms with Gasteiger partial charge in [-0.1, -0.05) is 18.2 Å². The van der Waals surface area contributed by atoms with E-state index in [-0.39, 0.29) is 23.8 Å². The number of fused-ring (bicyclic) bond motifs is 4. The van der Waals surface area contributed by atoms with Crippen LogP contribution in [0.5, 0.6) is 5.75 Å². The number of primary amides is 1. The summed E-state index contributed by atoms with van der Waals surface area (Å²) >= 11 is 0. The molecule has 0 bridgehead atoms. The lowest BCUT2D eigenvalue weighted by atomic mass is 9.96. The van der Waals surface area contributed by atoms with Gasteiger partial charge in [-0.3, -0.25) is 9.78 Å². The molecule has 0 spiro atoms. The highest BCUT2D eigenvalue weighted by atomic mass is 19.1. The average Bonchev–Trinajstić information content (AvgIpc) is 3.10. The van der Waals surface area contributed by atoms with Crippen LogP contribution in [0, 0.1) is 18.6 Å². The number of hydrogen-bond acceptors (Lipinski definition) is 3. The highest BCUT2D eigenvalue weighted by Gasteiger charge is 2.32. The molecule has 2 aliphatic rings. The standard InChI is InChI=1S/C23H16F2N2O2/c1-11-6-12(2-5-19(11)24)14-3-4-15-16(21(14)25)8-17-18(15)10-29-20-7-13(23(26)28)9-27-22(17)20/h2-7,9H,8,10H2,1H3,(H2,26,28). The van der Waals surface area contributed by atoms with E-state index in [9.17, 15) is 9.18 Å². The maximum Gasteiger partial charge on any atom is 0.250 e. The molecule has 2 heterocycles. The molecule has 1 aliphatic heterocycles. The lowest BCUT2D eigenvalue weighted by Crippen LogP contribution is -2.15. The van der Waals surface area contributed by atoms with E-state index in [0.717, 1.165) is 16.7 Å². The second-order valence-corrected chi connectivity index (χ2v) is 7.27. The van der Waals surface area contributed by atoms with Gasteiger partial charge in [0.05, 0.1) is 5.56 Å². The van der Waals surface area contributed by atoms with Gasteiger partial charge in [0.2, 0.25) is 5.91 Å². The largest absolute Gasteiger partial charge is 0.487 e. The van der Waals surface area contributed by atoms with Crippen LogP contribution in [-0.2, 0) is 6.42 Å². The zero-order valence-electron chi connectivity index (χ0n) is 15.6. The summed E-state index contributed by atoms with van der Waals surface area (Å²) in [6.45, 7) is 1.93. The van der Waals surface area contributed by atoms with Crippen LogP contribution in [0.2, 0.25) is 0 Å². The normalized spacial score (nSPS) is 14.2. The predicted molar refractivity (Wildman–Crippen MR) is 105 cm³/mol. The average molecular weight is 390 g/mol. The lowest BCUT2D eigenvalue weighted by Gasteiger charge is -2.19. The fraction of sp³-hybridized carbons (Fsp3) is 0.130. The van der Waals surface area contributed by atoms with Crippen molar-refractivity contribution in [2.24, 2.45) is 5.73 Å². The number of aromatic nitrogens is 1. The van der Waals surface area contributed by atoms with Crippen LogP contribution in [0.3, 0.4) is 0 Å². The molecule has 0 unspecified atom stereocenters. The number of carbonyl (C=O) groups excluding carboxylic acids is 1. The molecule has 0 radical (unpaired) electrons. The Balaban J connectivity index is 1.58. The molecule has 1 amide bonds. The van der Waals surface area contributed by atoms with E-state index in [1.54, 1.807) is 31.2 Å². The number of nitrogens with two attached hydrogens (primary N) is 1. The molecule has 2 aromatic carbocycles. The number of halogens is 2. The maximum absolute atomic E-state index is 15.4. The van der Waals surface area contributed by atoms with E-state index in [4.69, 9.17) is 10.5 Å². The molecule has 3 aromatic rings. The van der Waals surface area contributed by atoms with Gasteiger partial charge in [-0.2, -0.15) is 0 Å². The van der Waals surface area contributed by atoms with E-state index in [1.165, 1.54) is 12.3 Å². The van der Waals surface area contributed by atoms with Crippen molar-refractivity contribution in [3.05, 3.63) is 82.2 Å². The molecular weight excluding hydrogens is 374 g/mol. The molecule has 1 aliphatic carbocycles. The second kappa shape index (κ2) is 6.24. The van der Waals surface area contributed by atoms with Crippen LogP contribution >= 0.6 is 0 Å². The number of benzene rings is 2. The van der Waals surface area contributed by atoms with Crippen LogP contribution in [0.25, 0.3) is 22.3 Å². The van der Waals surface area contributed by atoms with Crippen molar-refractivity contribution in [1.29, 1.82) is 0 Å². The number of pyridine rings is 1. The fourth-order valence-corrected chi connectivity index (χ4v) is 4.02. The Morgan fingerprint density at radius 3 is 2.66 bits per heavy atom. The minimum Gasteiger partial charge on any atom is -0.487 e. The first-order chi connectivity index (χ1) is 13.9. The first kappa shape index (κ1) is 17.6. The molecule has 0 saturated carbocycles. The van der Waals surface area contributed by atoms with Gasteiger partial charge in [-0.05, 0) is 47.4 Å². The molecule has 2 N–H and O–H groups in total. The van der Waals surface area contributed by atoms with Gasteiger partial charge >= 0.3 is 0 Å².